The van der Waals surface area contributed by atoms with Crippen LogP contribution in [-0.2, 0) is 17.8 Å². The molecule has 0 saturated carbocycles. The molecule has 0 radical (unpaired) electrons. The van der Waals surface area contributed by atoms with Crippen LogP contribution in [0.4, 0.5) is 5.69 Å². The number of nitrogens with zero attached hydrogens (tertiary/aromatic N) is 1. The summed E-state index contributed by atoms with van der Waals surface area (Å²) in [4.78, 5) is 15.0. The summed E-state index contributed by atoms with van der Waals surface area (Å²) in [6, 6.07) is 13.6. The lowest BCUT2D eigenvalue weighted by molar-refractivity contribution is -0.115. The molecule has 0 fully saturated rings. The SMILES string of the molecule is Br.CCCCCCCCCCCCCCOc1ccc(CC(=O)Nc2ccccc2CN2C=CSC2)cc1Cl. The normalized spacial score (nSPS) is 12.4. The Bertz CT molecular complexity index is 1000. The van der Waals surface area contributed by atoms with Crippen molar-refractivity contribution >= 4 is 51.9 Å². The molecule has 2 aromatic rings. The number of amides is 1. The van der Waals surface area contributed by atoms with Gasteiger partial charge >= 0.3 is 0 Å². The molecule has 0 atom stereocenters. The molecule has 3 rings (SSSR count). The van der Waals surface area contributed by atoms with Crippen molar-refractivity contribution < 1.29 is 9.53 Å². The van der Waals surface area contributed by atoms with Crippen molar-refractivity contribution in [2.75, 3.05) is 17.8 Å². The Morgan fingerprint density at radius 3 is 2.26 bits per heavy atom. The number of nitrogens with one attached hydrogen (secondary N) is 1. The van der Waals surface area contributed by atoms with Gasteiger partial charge < -0.3 is 15.0 Å². The molecule has 0 spiro atoms. The van der Waals surface area contributed by atoms with Crippen LogP contribution in [0, 0.1) is 0 Å². The van der Waals surface area contributed by atoms with Crippen LogP contribution in [0.3, 0.4) is 0 Å². The topological polar surface area (TPSA) is 41.6 Å². The molecule has 1 amide bonds. The lowest BCUT2D eigenvalue weighted by Crippen LogP contribution is -2.18. The summed E-state index contributed by atoms with van der Waals surface area (Å²) in [5, 5.41) is 5.73. The number of unbranched alkanes of at least 4 members (excludes halogenated alkanes) is 11. The number of hydrogen-bond acceptors (Lipinski definition) is 4. The van der Waals surface area contributed by atoms with Gasteiger partial charge in [0.2, 0.25) is 5.91 Å². The zero-order valence-corrected chi connectivity index (χ0v) is 26.8. The molecular formula is C32H46BrClN2O2S. The molecule has 216 valence electrons. The molecule has 7 heteroatoms. The maximum absolute atomic E-state index is 12.8. The molecule has 1 N–H and O–H groups in total. The van der Waals surface area contributed by atoms with Crippen molar-refractivity contribution in [2.45, 2.75) is 96.9 Å². The number of ether oxygens (including phenoxy) is 1. The molecular weight excluding hydrogens is 592 g/mol. The number of para-hydroxylation sites is 1. The van der Waals surface area contributed by atoms with Crippen LogP contribution >= 0.6 is 40.3 Å². The molecule has 0 saturated heterocycles. The van der Waals surface area contributed by atoms with Crippen molar-refractivity contribution in [1.82, 2.24) is 4.90 Å². The van der Waals surface area contributed by atoms with Crippen LogP contribution in [-0.4, -0.2) is 23.3 Å². The average molecular weight is 638 g/mol. The van der Waals surface area contributed by atoms with Gasteiger partial charge in [-0.2, -0.15) is 0 Å². The molecule has 2 aromatic carbocycles. The van der Waals surface area contributed by atoms with Crippen molar-refractivity contribution in [3.8, 4) is 5.75 Å². The van der Waals surface area contributed by atoms with E-state index >= 15 is 0 Å². The van der Waals surface area contributed by atoms with Gasteiger partial charge in [0.25, 0.3) is 0 Å². The number of hydrogen-bond donors (Lipinski definition) is 1. The van der Waals surface area contributed by atoms with E-state index in [0.29, 0.717) is 17.4 Å². The number of carbonyl (C=O) groups is 1. The highest BCUT2D eigenvalue weighted by molar-refractivity contribution is 8.93. The predicted octanol–water partition coefficient (Wildman–Crippen LogP) is 10.2. The van der Waals surface area contributed by atoms with Gasteiger partial charge in [-0.15, -0.1) is 28.7 Å². The third kappa shape index (κ3) is 13.5. The van der Waals surface area contributed by atoms with Crippen molar-refractivity contribution in [3.63, 3.8) is 0 Å². The van der Waals surface area contributed by atoms with E-state index in [1.165, 1.54) is 70.6 Å². The van der Waals surface area contributed by atoms with Crippen LogP contribution in [0.5, 0.6) is 5.75 Å². The van der Waals surface area contributed by atoms with Crippen LogP contribution in [0.25, 0.3) is 0 Å². The largest absolute Gasteiger partial charge is 0.492 e. The number of halogens is 2. The highest BCUT2D eigenvalue weighted by Gasteiger charge is 2.12. The summed E-state index contributed by atoms with van der Waals surface area (Å²) < 4.78 is 5.92. The second-order valence-electron chi connectivity index (χ2n) is 10.2. The molecule has 4 nitrogen and oxygen atoms in total. The van der Waals surface area contributed by atoms with Gasteiger partial charge in [-0.1, -0.05) is 113 Å². The van der Waals surface area contributed by atoms with Gasteiger partial charge in [-0.25, -0.2) is 0 Å². The second-order valence-corrected chi connectivity index (χ2v) is 11.5. The van der Waals surface area contributed by atoms with Crippen LogP contribution in [0.2, 0.25) is 5.02 Å². The molecule has 1 aliphatic heterocycles. The van der Waals surface area contributed by atoms with E-state index in [0.717, 1.165) is 35.7 Å². The fourth-order valence-corrected chi connectivity index (χ4v) is 5.66. The number of carbonyl (C=O) groups excluding carboxylic acids is 1. The molecule has 0 bridgehead atoms. The first kappa shape index (κ1) is 33.6. The molecule has 1 aliphatic rings. The van der Waals surface area contributed by atoms with Gasteiger partial charge in [0, 0.05) is 18.4 Å². The monoisotopic (exact) mass is 636 g/mol. The number of thioether (sulfide) groups is 1. The third-order valence-corrected chi connectivity index (χ3v) is 7.98. The summed E-state index contributed by atoms with van der Waals surface area (Å²) in [6.45, 7) is 3.73. The standard InChI is InChI=1S/C32H45ClN2O2S.BrH/c1-2-3-4-5-6-7-8-9-10-11-12-15-21-37-31-19-18-27(23-29(31)33)24-32(36)34-30-17-14-13-16-28(30)25-35-20-22-38-26-35;/h13-14,16-20,22-23H,2-12,15,21,24-26H2,1H3,(H,34,36);1H. The average Bonchev–Trinajstić information content (AvgIpc) is 3.42. The zero-order chi connectivity index (χ0) is 26.8. The van der Waals surface area contributed by atoms with Crippen molar-refractivity contribution in [3.05, 3.63) is 70.2 Å². The van der Waals surface area contributed by atoms with E-state index < -0.39 is 0 Å². The summed E-state index contributed by atoms with van der Waals surface area (Å²) in [6.07, 6.45) is 18.3. The van der Waals surface area contributed by atoms with Crippen LogP contribution < -0.4 is 10.1 Å². The van der Waals surface area contributed by atoms with E-state index in [9.17, 15) is 4.79 Å². The third-order valence-electron chi connectivity index (χ3n) is 6.89. The highest BCUT2D eigenvalue weighted by Crippen LogP contribution is 2.27. The summed E-state index contributed by atoms with van der Waals surface area (Å²) in [7, 11) is 0. The first-order chi connectivity index (χ1) is 18.7. The Morgan fingerprint density at radius 1 is 0.949 bits per heavy atom. The highest BCUT2D eigenvalue weighted by atomic mass is 79.9. The van der Waals surface area contributed by atoms with Gasteiger partial charge in [-0.05, 0) is 41.2 Å². The minimum absolute atomic E-state index is 0. The maximum atomic E-state index is 12.8. The van der Waals surface area contributed by atoms with Crippen LogP contribution in [0.15, 0.2) is 54.1 Å². The lowest BCUT2D eigenvalue weighted by atomic mass is 10.1. The first-order valence-electron chi connectivity index (χ1n) is 14.5. The Balaban J connectivity index is 0.00000533. The molecule has 0 aromatic heterocycles. The maximum Gasteiger partial charge on any atom is 0.228 e. The Labute approximate surface area is 256 Å². The number of benzene rings is 2. The van der Waals surface area contributed by atoms with Gasteiger partial charge in [0.1, 0.15) is 5.75 Å². The fourth-order valence-electron chi connectivity index (χ4n) is 4.68. The zero-order valence-electron chi connectivity index (χ0n) is 23.5. The fraction of sp³-hybridized carbons (Fsp3) is 0.531. The summed E-state index contributed by atoms with van der Waals surface area (Å²) >= 11 is 8.25. The molecule has 0 aliphatic carbocycles. The van der Waals surface area contributed by atoms with E-state index in [2.05, 4.69) is 34.8 Å². The minimum Gasteiger partial charge on any atom is -0.492 e. The van der Waals surface area contributed by atoms with E-state index in [1.807, 2.05) is 36.4 Å². The smallest absolute Gasteiger partial charge is 0.228 e. The van der Waals surface area contributed by atoms with Gasteiger partial charge in [0.05, 0.1) is 23.9 Å². The first-order valence-corrected chi connectivity index (χ1v) is 15.9. The van der Waals surface area contributed by atoms with E-state index in [4.69, 9.17) is 16.3 Å². The van der Waals surface area contributed by atoms with Crippen molar-refractivity contribution in [1.29, 1.82) is 0 Å². The van der Waals surface area contributed by atoms with Crippen molar-refractivity contribution in [2.24, 2.45) is 0 Å². The van der Waals surface area contributed by atoms with E-state index in [1.54, 1.807) is 11.8 Å². The summed E-state index contributed by atoms with van der Waals surface area (Å²) in [5.41, 5.74) is 2.84. The Hall–Kier alpha value is -1.63. The van der Waals surface area contributed by atoms with Gasteiger partial charge in [-0.3, -0.25) is 4.79 Å². The number of anilines is 1. The predicted molar refractivity (Wildman–Crippen MR) is 174 cm³/mol. The number of rotatable bonds is 19. The molecule has 0 unspecified atom stereocenters. The summed E-state index contributed by atoms with van der Waals surface area (Å²) in [5.74, 6) is 1.58. The molecule has 39 heavy (non-hydrogen) atoms. The van der Waals surface area contributed by atoms with Gasteiger partial charge in [0.15, 0.2) is 0 Å². The second kappa shape index (κ2) is 20.3. The lowest BCUT2D eigenvalue weighted by Gasteiger charge is -2.18. The Morgan fingerprint density at radius 2 is 1.62 bits per heavy atom. The van der Waals surface area contributed by atoms with Crippen LogP contribution in [0.1, 0.15) is 95.1 Å². The van der Waals surface area contributed by atoms with E-state index in [-0.39, 0.29) is 29.3 Å². The molecule has 1 heterocycles. The Kier molecular flexibility index (Phi) is 17.5. The minimum atomic E-state index is -0.0509. The quantitative estimate of drug-likeness (QED) is 0.156.